The standard InChI is InChI=1S/C15H19BrN2O3/c16-12-5-3-11(4-6-12)8-14(19)18-10-15(20)17-9-13-2-1-7-21-13/h3-6,13H,1-2,7-10H2,(H,17,20)(H,18,19). The second-order valence-electron chi connectivity index (χ2n) is 5.02. The highest BCUT2D eigenvalue weighted by atomic mass is 79.9. The first-order valence-electron chi connectivity index (χ1n) is 7.03. The second kappa shape index (κ2) is 8.14. The number of carbonyl (C=O) groups is 2. The summed E-state index contributed by atoms with van der Waals surface area (Å²) in [6, 6.07) is 7.52. The summed E-state index contributed by atoms with van der Waals surface area (Å²) in [7, 11) is 0. The molecule has 2 rings (SSSR count). The maximum atomic E-state index is 11.7. The van der Waals surface area contributed by atoms with E-state index < -0.39 is 0 Å². The molecule has 1 aliphatic rings. The molecule has 1 aromatic rings. The number of ether oxygens (including phenoxy) is 1. The van der Waals surface area contributed by atoms with Crippen molar-refractivity contribution in [2.24, 2.45) is 0 Å². The van der Waals surface area contributed by atoms with Gasteiger partial charge in [-0.05, 0) is 30.5 Å². The molecule has 0 saturated carbocycles. The van der Waals surface area contributed by atoms with E-state index in [1.807, 2.05) is 24.3 Å². The Morgan fingerprint density at radius 1 is 1.19 bits per heavy atom. The van der Waals surface area contributed by atoms with Crippen LogP contribution in [0.15, 0.2) is 28.7 Å². The molecule has 6 heteroatoms. The molecule has 1 aromatic carbocycles. The topological polar surface area (TPSA) is 67.4 Å². The zero-order chi connectivity index (χ0) is 15.1. The monoisotopic (exact) mass is 354 g/mol. The minimum atomic E-state index is -0.186. The Hall–Kier alpha value is -1.40. The third-order valence-corrected chi connectivity index (χ3v) is 3.80. The van der Waals surface area contributed by atoms with Gasteiger partial charge in [0.2, 0.25) is 11.8 Å². The summed E-state index contributed by atoms with van der Waals surface area (Å²) in [5.41, 5.74) is 0.912. The molecule has 1 saturated heterocycles. The van der Waals surface area contributed by atoms with Gasteiger partial charge in [-0.3, -0.25) is 9.59 Å². The molecule has 5 nitrogen and oxygen atoms in total. The number of hydrogen-bond donors (Lipinski definition) is 2. The van der Waals surface area contributed by atoms with Crippen LogP contribution in [0.4, 0.5) is 0 Å². The third-order valence-electron chi connectivity index (χ3n) is 3.27. The molecule has 1 atom stereocenters. The molecular weight excluding hydrogens is 336 g/mol. The van der Waals surface area contributed by atoms with Crippen molar-refractivity contribution < 1.29 is 14.3 Å². The molecule has 0 spiro atoms. The van der Waals surface area contributed by atoms with Crippen molar-refractivity contribution in [2.45, 2.75) is 25.4 Å². The largest absolute Gasteiger partial charge is 0.376 e. The van der Waals surface area contributed by atoms with Gasteiger partial charge in [-0.1, -0.05) is 28.1 Å². The SMILES string of the molecule is O=C(CNC(=O)Cc1ccc(Br)cc1)NCC1CCCO1. The Bertz CT molecular complexity index is 484. The zero-order valence-corrected chi connectivity index (χ0v) is 13.3. The van der Waals surface area contributed by atoms with Gasteiger partial charge in [-0.25, -0.2) is 0 Å². The minimum absolute atomic E-state index is 0.00206. The molecule has 2 amide bonds. The quantitative estimate of drug-likeness (QED) is 0.811. The van der Waals surface area contributed by atoms with Crippen molar-refractivity contribution in [3.05, 3.63) is 34.3 Å². The van der Waals surface area contributed by atoms with E-state index in [2.05, 4.69) is 26.6 Å². The van der Waals surface area contributed by atoms with E-state index in [-0.39, 0.29) is 30.9 Å². The first-order chi connectivity index (χ1) is 10.1. The fraction of sp³-hybridized carbons (Fsp3) is 0.467. The molecule has 1 aliphatic heterocycles. The van der Waals surface area contributed by atoms with Crippen LogP contribution in [-0.2, 0) is 20.7 Å². The van der Waals surface area contributed by atoms with Crippen LogP contribution in [0.1, 0.15) is 18.4 Å². The summed E-state index contributed by atoms with van der Waals surface area (Å²) in [5, 5.41) is 5.38. The molecule has 21 heavy (non-hydrogen) atoms. The molecule has 1 heterocycles. The predicted octanol–water partition coefficient (Wildman–Crippen LogP) is 1.40. The van der Waals surface area contributed by atoms with Gasteiger partial charge in [-0.2, -0.15) is 0 Å². The Balaban J connectivity index is 1.63. The fourth-order valence-corrected chi connectivity index (χ4v) is 2.39. The van der Waals surface area contributed by atoms with Crippen LogP contribution in [0.2, 0.25) is 0 Å². The molecule has 114 valence electrons. The summed E-state index contributed by atoms with van der Waals surface area (Å²) >= 11 is 3.34. The van der Waals surface area contributed by atoms with E-state index in [0.29, 0.717) is 6.54 Å². The Labute approximate surface area is 132 Å². The van der Waals surface area contributed by atoms with Crippen LogP contribution in [0.3, 0.4) is 0 Å². The van der Waals surface area contributed by atoms with Gasteiger partial charge in [0.15, 0.2) is 0 Å². The number of nitrogens with one attached hydrogen (secondary N) is 2. The van der Waals surface area contributed by atoms with E-state index in [9.17, 15) is 9.59 Å². The minimum Gasteiger partial charge on any atom is -0.376 e. The number of carbonyl (C=O) groups excluding carboxylic acids is 2. The lowest BCUT2D eigenvalue weighted by molar-refractivity contribution is -0.126. The number of benzene rings is 1. The lowest BCUT2D eigenvalue weighted by Crippen LogP contribution is -2.40. The molecule has 1 fully saturated rings. The number of amides is 2. The summed E-state index contributed by atoms with van der Waals surface area (Å²) in [6.45, 7) is 1.29. The first kappa shape index (κ1) is 16.0. The molecule has 0 aromatic heterocycles. The van der Waals surface area contributed by atoms with Gasteiger partial charge in [0.25, 0.3) is 0 Å². The lowest BCUT2D eigenvalue weighted by Gasteiger charge is -2.11. The second-order valence-corrected chi connectivity index (χ2v) is 5.93. The highest BCUT2D eigenvalue weighted by molar-refractivity contribution is 9.10. The fourth-order valence-electron chi connectivity index (χ4n) is 2.12. The van der Waals surface area contributed by atoms with Crippen LogP contribution in [-0.4, -0.2) is 37.6 Å². The van der Waals surface area contributed by atoms with Crippen LogP contribution in [0.5, 0.6) is 0 Å². The summed E-state index contributed by atoms with van der Waals surface area (Å²) in [4.78, 5) is 23.3. The van der Waals surface area contributed by atoms with Crippen LogP contribution >= 0.6 is 15.9 Å². The Morgan fingerprint density at radius 3 is 2.62 bits per heavy atom. The summed E-state index contributed by atoms with van der Waals surface area (Å²) in [6.07, 6.45) is 2.42. The Morgan fingerprint density at radius 2 is 1.95 bits per heavy atom. The number of halogens is 1. The highest BCUT2D eigenvalue weighted by Crippen LogP contribution is 2.11. The van der Waals surface area contributed by atoms with Crippen molar-refractivity contribution in [1.29, 1.82) is 0 Å². The van der Waals surface area contributed by atoms with Crippen LogP contribution in [0.25, 0.3) is 0 Å². The molecule has 0 radical (unpaired) electrons. The van der Waals surface area contributed by atoms with Gasteiger partial charge in [0, 0.05) is 17.6 Å². The Kier molecular flexibility index (Phi) is 6.20. The van der Waals surface area contributed by atoms with Crippen molar-refractivity contribution >= 4 is 27.7 Å². The molecule has 1 unspecified atom stereocenters. The number of hydrogen-bond acceptors (Lipinski definition) is 3. The normalized spacial score (nSPS) is 17.5. The van der Waals surface area contributed by atoms with E-state index >= 15 is 0 Å². The van der Waals surface area contributed by atoms with Gasteiger partial charge in [0.05, 0.1) is 19.1 Å². The van der Waals surface area contributed by atoms with Gasteiger partial charge < -0.3 is 15.4 Å². The molecule has 0 bridgehead atoms. The lowest BCUT2D eigenvalue weighted by atomic mass is 10.1. The van der Waals surface area contributed by atoms with Crippen LogP contribution in [0, 0.1) is 0 Å². The highest BCUT2D eigenvalue weighted by Gasteiger charge is 2.16. The summed E-state index contributed by atoms with van der Waals surface area (Å²) < 4.78 is 6.38. The summed E-state index contributed by atoms with van der Waals surface area (Å²) in [5.74, 6) is -0.348. The van der Waals surface area contributed by atoms with Crippen molar-refractivity contribution in [3.8, 4) is 0 Å². The van der Waals surface area contributed by atoms with Gasteiger partial charge in [-0.15, -0.1) is 0 Å². The third kappa shape index (κ3) is 5.85. The van der Waals surface area contributed by atoms with Gasteiger partial charge >= 0.3 is 0 Å². The van der Waals surface area contributed by atoms with Crippen molar-refractivity contribution in [2.75, 3.05) is 19.7 Å². The van der Waals surface area contributed by atoms with E-state index in [1.54, 1.807) is 0 Å². The van der Waals surface area contributed by atoms with E-state index in [1.165, 1.54) is 0 Å². The zero-order valence-electron chi connectivity index (χ0n) is 11.7. The average Bonchev–Trinajstić information content (AvgIpc) is 2.99. The predicted molar refractivity (Wildman–Crippen MR) is 82.8 cm³/mol. The number of rotatable bonds is 6. The first-order valence-corrected chi connectivity index (χ1v) is 7.82. The maximum Gasteiger partial charge on any atom is 0.239 e. The van der Waals surface area contributed by atoms with Gasteiger partial charge in [0.1, 0.15) is 0 Å². The molecular formula is C15H19BrN2O3. The molecule has 2 N–H and O–H groups in total. The molecule has 0 aliphatic carbocycles. The average molecular weight is 355 g/mol. The van der Waals surface area contributed by atoms with E-state index in [4.69, 9.17) is 4.74 Å². The van der Waals surface area contributed by atoms with Crippen LogP contribution < -0.4 is 10.6 Å². The van der Waals surface area contributed by atoms with Crippen molar-refractivity contribution in [3.63, 3.8) is 0 Å². The van der Waals surface area contributed by atoms with Crippen molar-refractivity contribution in [1.82, 2.24) is 10.6 Å². The van der Waals surface area contributed by atoms with E-state index in [0.717, 1.165) is 29.5 Å². The maximum absolute atomic E-state index is 11.7. The smallest absolute Gasteiger partial charge is 0.239 e.